The van der Waals surface area contributed by atoms with Crippen LogP contribution in [0.15, 0.2) is 34.7 Å². The van der Waals surface area contributed by atoms with E-state index in [4.69, 9.17) is 4.74 Å². The van der Waals surface area contributed by atoms with Crippen LogP contribution in [-0.4, -0.2) is 42.4 Å². The van der Waals surface area contributed by atoms with Crippen molar-refractivity contribution in [1.29, 1.82) is 0 Å². The topological polar surface area (TPSA) is 112 Å². The Morgan fingerprint density at radius 1 is 1.26 bits per heavy atom. The molecule has 142 valence electrons. The highest BCUT2D eigenvalue weighted by Gasteiger charge is 2.18. The van der Waals surface area contributed by atoms with Gasteiger partial charge in [-0.1, -0.05) is 18.2 Å². The van der Waals surface area contributed by atoms with E-state index in [2.05, 4.69) is 19.1 Å². The Labute approximate surface area is 159 Å². The average Bonchev–Trinajstić information content (AvgIpc) is 3.03. The lowest BCUT2D eigenvalue weighted by molar-refractivity contribution is 0.0600. The summed E-state index contributed by atoms with van der Waals surface area (Å²) in [5, 5.41) is 0. The summed E-state index contributed by atoms with van der Waals surface area (Å²) in [6.07, 6.45) is 0. The maximum absolute atomic E-state index is 12.5. The normalized spacial score (nSPS) is 12.3. The summed E-state index contributed by atoms with van der Waals surface area (Å²) in [6, 6.07) is 8.03. The Morgan fingerprint density at radius 3 is 2.70 bits per heavy atom. The van der Waals surface area contributed by atoms with Crippen molar-refractivity contribution in [1.82, 2.24) is 13.8 Å². The summed E-state index contributed by atoms with van der Waals surface area (Å²) >= 11 is 1.05. The first-order chi connectivity index (χ1) is 12.8. The van der Waals surface area contributed by atoms with Gasteiger partial charge in [0.1, 0.15) is 0 Å². The molecule has 2 heterocycles. The monoisotopic (exact) mass is 408 g/mol. The number of carbonyl (C=O) groups is 1. The largest absolute Gasteiger partial charge is 0.481 e. The fraction of sp³-hybridized carbons (Fsp3) is 0.250. The molecule has 3 aromatic rings. The fourth-order valence-corrected chi connectivity index (χ4v) is 4.49. The third kappa shape index (κ3) is 4.14. The molecular weight excluding hydrogens is 392 g/mol. The number of aromatic nitrogens is 3. The minimum atomic E-state index is -3.94. The number of hydrogen-bond acceptors (Lipinski definition) is 8. The van der Waals surface area contributed by atoms with E-state index < -0.39 is 21.7 Å². The second-order valence-electron chi connectivity index (χ2n) is 5.49. The SMILES string of the molecule is COC(=O)c1ccccc1CS(=O)(=O)/N=c1/nc2nc(OC)cc(C)n2s1. The van der Waals surface area contributed by atoms with Gasteiger partial charge in [0, 0.05) is 11.8 Å². The Morgan fingerprint density at radius 2 is 2.00 bits per heavy atom. The van der Waals surface area contributed by atoms with E-state index in [1.807, 2.05) is 6.92 Å². The van der Waals surface area contributed by atoms with Crippen molar-refractivity contribution < 1.29 is 22.7 Å². The van der Waals surface area contributed by atoms with Gasteiger partial charge in [-0.15, -0.1) is 4.40 Å². The first-order valence-corrected chi connectivity index (χ1v) is 10.1. The molecule has 0 aliphatic rings. The number of nitrogens with zero attached hydrogens (tertiary/aromatic N) is 4. The highest BCUT2D eigenvalue weighted by molar-refractivity contribution is 7.89. The van der Waals surface area contributed by atoms with Gasteiger partial charge in [0.15, 0.2) is 0 Å². The van der Waals surface area contributed by atoms with Gasteiger partial charge in [0.2, 0.25) is 16.5 Å². The number of methoxy groups -OCH3 is 2. The summed E-state index contributed by atoms with van der Waals surface area (Å²) in [7, 11) is -1.21. The van der Waals surface area contributed by atoms with Gasteiger partial charge < -0.3 is 9.47 Å². The molecule has 0 fully saturated rings. The van der Waals surface area contributed by atoms with Crippen molar-refractivity contribution in [2.45, 2.75) is 12.7 Å². The number of fused-ring (bicyclic) bond motifs is 1. The van der Waals surface area contributed by atoms with Crippen LogP contribution in [0.5, 0.6) is 5.88 Å². The van der Waals surface area contributed by atoms with Gasteiger partial charge in [0.05, 0.1) is 25.5 Å². The predicted molar refractivity (Wildman–Crippen MR) is 98.1 cm³/mol. The lowest BCUT2D eigenvalue weighted by Crippen LogP contribution is -2.12. The standard InChI is InChI=1S/C16H16N4O5S2/c1-10-8-13(24-2)17-15-18-16(26-20(10)15)19-27(22,23)9-11-6-4-5-7-12(11)14(21)25-3/h4-8H,9H2,1-3H3/b19-16-. The first kappa shape index (κ1) is 19.0. The zero-order chi connectivity index (χ0) is 19.6. The van der Waals surface area contributed by atoms with Crippen LogP contribution in [0.25, 0.3) is 5.78 Å². The van der Waals surface area contributed by atoms with Crippen molar-refractivity contribution in [2.75, 3.05) is 14.2 Å². The number of hydrogen-bond donors (Lipinski definition) is 0. The molecule has 9 nitrogen and oxygen atoms in total. The van der Waals surface area contributed by atoms with Crippen molar-refractivity contribution in [2.24, 2.45) is 4.40 Å². The van der Waals surface area contributed by atoms with E-state index >= 15 is 0 Å². The fourth-order valence-electron chi connectivity index (χ4n) is 2.39. The molecule has 0 spiro atoms. The number of carbonyl (C=O) groups excluding carboxylic acids is 1. The van der Waals surface area contributed by atoms with Gasteiger partial charge in [-0.2, -0.15) is 9.97 Å². The van der Waals surface area contributed by atoms with Crippen LogP contribution in [0.1, 0.15) is 21.6 Å². The summed E-state index contributed by atoms with van der Waals surface area (Å²) in [5.41, 5.74) is 1.27. The van der Waals surface area contributed by atoms with Crippen LogP contribution in [0.3, 0.4) is 0 Å². The molecular formula is C16H16N4O5S2. The molecule has 0 bridgehead atoms. The van der Waals surface area contributed by atoms with Crippen LogP contribution in [0.2, 0.25) is 0 Å². The van der Waals surface area contributed by atoms with Crippen molar-refractivity contribution >= 4 is 33.3 Å². The van der Waals surface area contributed by atoms with Gasteiger partial charge in [0.25, 0.3) is 10.0 Å². The second kappa shape index (κ2) is 7.45. The van der Waals surface area contributed by atoms with Crippen LogP contribution in [0, 0.1) is 6.92 Å². The van der Waals surface area contributed by atoms with Crippen molar-refractivity contribution in [3.63, 3.8) is 0 Å². The molecule has 3 rings (SSSR count). The lowest BCUT2D eigenvalue weighted by atomic mass is 10.1. The molecule has 1 aromatic carbocycles. The van der Waals surface area contributed by atoms with Crippen LogP contribution >= 0.6 is 11.5 Å². The minimum Gasteiger partial charge on any atom is -0.481 e. The third-order valence-corrected chi connectivity index (χ3v) is 5.82. The zero-order valence-electron chi connectivity index (χ0n) is 14.7. The van der Waals surface area contributed by atoms with Crippen molar-refractivity contribution in [3.05, 3.63) is 52.0 Å². The van der Waals surface area contributed by atoms with E-state index in [1.54, 1.807) is 28.1 Å². The van der Waals surface area contributed by atoms with E-state index in [0.717, 1.165) is 17.2 Å². The van der Waals surface area contributed by atoms with E-state index in [1.165, 1.54) is 20.3 Å². The predicted octanol–water partition coefficient (Wildman–Crippen LogP) is 1.33. The minimum absolute atomic E-state index is 0.0365. The number of benzene rings is 1. The molecule has 0 aliphatic heterocycles. The van der Waals surface area contributed by atoms with Gasteiger partial charge in [-0.3, -0.25) is 0 Å². The molecule has 0 amide bonds. The molecule has 0 saturated heterocycles. The molecule has 0 aliphatic carbocycles. The molecule has 0 unspecified atom stereocenters. The summed E-state index contributed by atoms with van der Waals surface area (Å²) in [4.78, 5) is 20.1. The number of sulfonamides is 1. The molecule has 27 heavy (non-hydrogen) atoms. The van der Waals surface area contributed by atoms with Crippen molar-refractivity contribution in [3.8, 4) is 5.88 Å². The Bertz CT molecular complexity index is 1180. The van der Waals surface area contributed by atoms with Gasteiger partial charge >= 0.3 is 5.97 Å². The summed E-state index contributed by atoms with van der Waals surface area (Å²) in [5.74, 6) is -0.391. The van der Waals surface area contributed by atoms with Gasteiger partial charge in [-0.05, 0) is 30.1 Å². The third-order valence-electron chi connectivity index (χ3n) is 3.60. The molecule has 11 heteroatoms. The van der Waals surface area contributed by atoms with E-state index in [0.29, 0.717) is 17.2 Å². The van der Waals surface area contributed by atoms with Crippen LogP contribution in [0.4, 0.5) is 0 Å². The smallest absolute Gasteiger partial charge is 0.338 e. The second-order valence-corrected chi connectivity index (χ2v) is 8.03. The number of ether oxygens (including phenoxy) is 2. The maximum Gasteiger partial charge on any atom is 0.338 e. The lowest BCUT2D eigenvalue weighted by Gasteiger charge is -2.05. The summed E-state index contributed by atoms with van der Waals surface area (Å²) < 4.78 is 40.2. The van der Waals surface area contributed by atoms with Crippen LogP contribution < -0.4 is 9.54 Å². The average molecular weight is 408 g/mol. The quantitative estimate of drug-likeness (QED) is 0.585. The highest BCUT2D eigenvalue weighted by Crippen LogP contribution is 2.15. The molecule has 0 N–H and O–H groups in total. The number of esters is 1. The molecule has 0 radical (unpaired) electrons. The summed E-state index contributed by atoms with van der Waals surface area (Å²) in [6.45, 7) is 1.82. The van der Waals surface area contributed by atoms with Gasteiger partial charge in [-0.25, -0.2) is 17.0 Å². The Balaban J connectivity index is 2.01. The number of rotatable bonds is 5. The molecule has 0 saturated carbocycles. The van der Waals surface area contributed by atoms with E-state index in [9.17, 15) is 13.2 Å². The zero-order valence-corrected chi connectivity index (χ0v) is 16.4. The molecule has 0 atom stereocenters. The van der Waals surface area contributed by atoms with E-state index in [-0.39, 0.29) is 10.4 Å². The Kier molecular flexibility index (Phi) is 5.24. The molecule has 2 aromatic heterocycles. The van der Waals surface area contributed by atoms with Crippen LogP contribution in [-0.2, 0) is 20.5 Å². The maximum atomic E-state index is 12.5. The first-order valence-electron chi connectivity index (χ1n) is 7.69. The highest BCUT2D eigenvalue weighted by atomic mass is 32.2. The Hall–Kier alpha value is -2.79. The number of aryl methyl sites for hydroxylation is 1.